The summed E-state index contributed by atoms with van der Waals surface area (Å²) in [4.78, 5) is 64.1. The molecule has 61 heavy (non-hydrogen) atoms. The predicted octanol–water partition coefficient (Wildman–Crippen LogP) is 7.92. The molecule has 338 valence electrons. The van der Waals surface area contributed by atoms with Crippen LogP contribution in [0, 0.1) is 5.92 Å². The molecule has 0 amide bonds. The van der Waals surface area contributed by atoms with Crippen molar-refractivity contribution in [2.24, 2.45) is 5.92 Å². The second-order valence-electron chi connectivity index (χ2n) is 12.1. The average Bonchev–Trinajstić information content (AvgIpc) is 3.30. The maximum absolute atomic E-state index is 12.7. The predicted molar refractivity (Wildman–Crippen MR) is 234 cm³/mol. The van der Waals surface area contributed by atoms with E-state index in [2.05, 4.69) is 51.5 Å². The van der Waals surface area contributed by atoms with Gasteiger partial charge in [-0.25, -0.2) is 24.0 Å². The van der Waals surface area contributed by atoms with E-state index >= 15 is 0 Å². The second kappa shape index (κ2) is 40.8. The van der Waals surface area contributed by atoms with Gasteiger partial charge in [0.05, 0.1) is 26.4 Å². The fourth-order valence-corrected chi connectivity index (χ4v) is 4.46. The molecule has 2 aromatic carbocycles. The Kier molecular flexibility index (Phi) is 39.7. The zero-order valence-electron chi connectivity index (χ0n) is 36.3. The van der Waals surface area contributed by atoms with Gasteiger partial charge in [-0.05, 0) is 38.0 Å². The normalized spacial score (nSPS) is 10.1. The monoisotopic (exact) mass is 854 g/mol. The number of ketones is 1. The van der Waals surface area contributed by atoms with Crippen LogP contribution in [-0.2, 0) is 58.2 Å². The molecule has 0 aromatic heterocycles. The first-order chi connectivity index (χ1) is 29.3. The van der Waals surface area contributed by atoms with E-state index < -0.39 is 17.7 Å². The van der Waals surface area contributed by atoms with Gasteiger partial charge in [-0.1, -0.05) is 127 Å². The van der Waals surface area contributed by atoms with Gasteiger partial charge in [0.15, 0.2) is 0 Å². The summed E-state index contributed by atoms with van der Waals surface area (Å²) in [5, 5.41) is 15.7. The van der Waals surface area contributed by atoms with E-state index in [1.165, 1.54) is 33.1 Å². The number of hydrogen-bond acceptors (Lipinski definition) is 13. The van der Waals surface area contributed by atoms with Crippen LogP contribution in [0.1, 0.15) is 81.1 Å². The lowest BCUT2D eigenvalue weighted by Crippen LogP contribution is -2.39. The standard InChI is InChI=1S/C16H16O3.C12H18O4.C11H20O2.C5H8O3.C3H4O2/c1-18-16(19-2,14-11-7-4-8-12-14)15(17)13-9-5-3-6-10-13;1-3-11(13)15-9-7-5-6-8-10-16-12(14)4-2;1-4-7-8-10(5-2)9-13-11(12)6-3;1-2-5(7)8-4-3-6;1-2-3(4)5/h3-12H,1-2H3;3-4H,1-2,5-10H2;6,10H,3-5,7-9H2,1-2H3;2,6H,1,3-4H2;2H,1H2,(H,4,5). The highest BCUT2D eigenvalue weighted by molar-refractivity contribution is 6.02. The molecular formula is C47H66O14. The number of carboxylic acid groups (broad SMARTS) is 1. The van der Waals surface area contributed by atoms with Crippen molar-refractivity contribution in [2.45, 2.75) is 71.0 Å². The minimum absolute atomic E-state index is 0.0465. The molecule has 1 atom stereocenters. The second-order valence-corrected chi connectivity index (χ2v) is 12.1. The number of aliphatic hydroxyl groups is 1. The largest absolute Gasteiger partial charge is 0.478 e. The van der Waals surface area contributed by atoms with Gasteiger partial charge >= 0.3 is 29.8 Å². The van der Waals surface area contributed by atoms with Crippen molar-refractivity contribution in [1.82, 2.24) is 0 Å². The van der Waals surface area contributed by atoms with Gasteiger partial charge in [0, 0.05) is 55.7 Å². The minimum Gasteiger partial charge on any atom is -0.478 e. The summed E-state index contributed by atoms with van der Waals surface area (Å²) in [5.74, 6) is -3.67. The molecule has 2 rings (SSSR count). The van der Waals surface area contributed by atoms with Crippen LogP contribution in [0.2, 0.25) is 0 Å². The van der Waals surface area contributed by atoms with Gasteiger partial charge in [-0.2, -0.15) is 0 Å². The molecule has 0 spiro atoms. The summed E-state index contributed by atoms with van der Waals surface area (Å²) in [6, 6.07) is 18.2. The molecule has 0 bridgehead atoms. The lowest BCUT2D eigenvalue weighted by atomic mass is 9.96. The van der Waals surface area contributed by atoms with E-state index in [0.717, 1.165) is 62.8 Å². The minimum atomic E-state index is -1.40. The Morgan fingerprint density at radius 1 is 0.607 bits per heavy atom. The van der Waals surface area contributed by atoms with Gasteiger partial charge < -0.3 is 38.6 Å². The molecular weight excluding hydrogens is 789 g/mol. The lowest BCUT2D eigenvalue weighted by Gasteiger charge is -2.29. The number of benzene rings is 2. The van der Waals surface area contributed by atoms with Crippen LogP contribution >= 0.6 is 0 Å². The number of hydrogen-bond donors (Lipinski definition) is 2. The fourth-order valence-electron chi connectivity index (χ4n) is 4.46. The first-order valence-electron chi connectivity index (χ1n) is 19.7. The van der Waals surface area contributed by atoms with Crippen molar-refractivity contribution in [3.05, 3.63) is 135 Å². The number of unbranched alkanes of at least 4 members (excludes halogenated alkanes) is 4. The third kappa shape index (κ3) is 31.6. The summed E-state index contributed by atoms with van der Waals surface area (Å²) in [7, 11) is 2.94. The number of carboxylic acids is 1. The summed E-state index contributed by atoms with van der Waals surface area (Å²) >= 11 is 0. The molecule has 0 aliphatic heterocycles. The van der Waals surface area contributed by atoms with Crippen LogP contribution in [-0.4, -0.2) is 93.1 Å². The van der Waals surface area contributed by atoms with Gasteiger partial charge in [-0.15, -0.1) is 0 Å². The van der Waals surface area contributed by atoms with Crippen molar-refractivity contribution in [1.29, 1.82) is 0 Å². The third-order valence-corrected chi connectivity index (χ3v) is 7.77. The number of ether oxygens (including phenoxy) is 6. The molecule has 0 saturated heterocycles. The van der Waals surface area contributed by atoms with Gasteiger partial charge in [0.25, 0.3) is 5.79 Å². The van der Waals surface area contributed by atoms with Crippen LogP contribution in [0.25, 0.3) is 0 Å². The zero-order chi connectivity index (χ0) is 46.7. The molecule has 14 heteroatoms. The molecule has 0 aliphatic carbocycles. The Labute approximate surface area is 361 Å². The van der Waals surface area contributed by atoms with Gasteiger partial charge in [0.2, 0.25) is 5.78 Å². The Balaban J connectivity index is -0.000000733. The number of esters is 4. The summed E-state index contributed by atoms with van der Waals surface area (Å²) in [5.41, 5.74) is 1.23. The van der Waals surface area contributed by atoms with Gasteiger partial charge in [-0.3, -0.25) is 4.79 Å². The van der Waals surface area contributed by atoms with Gasteiger partial charge in [0.1, 0.15) is 6.61 Å². The maximum Gasteiger partial charge on any atom is 0.330 e. The Morgan fingerprint density at radius 3 is 1.38 bits per heavy atom. The smallest absolute Gasteiger partial charge is 0.330 e. The number of aliphatic hydroxyl groups excluding tert-OH is 1. The molecule has 0 fully saturated rings. The van der Waals surface area contributed by atoms with E-state index in [1.54, 1.807) is 12.1 Å². The lowest BCUT2D eigenvalue weighted by molar-refractivity contribution is -0.176. The Bertz CT molecular complexity index is 1520. The number of carbonyl (C=O) groups is 6. The molecule has 2 aromatic rings. The van der Waals surface area contributed by atoms with E-state index in [1.807, 2.05) is 48.5 Å². The molecule has 14 nitrogen and oxygen atoms in total. The molecule has 0 saturated carbocycles. The number of methoxy groups -OCH3 is 2. The highest BCUT2D eigenvalue weighted by atomic mass is 16.7. The first kappa shape index (κ1) is 59.4. The topological polar surface area (TPSA) is 198 Å². The average molecular weight is 855 g/mol. The van der Waals surface area contributed by atoms with E-state index in [-0.39, 0.29) is 36.9 Å². The first-order valence-corrected chi connectivity index (χ1v) is 19.7. The van der Waals surface area contributed by atoms with Crippen LogP contribution < -0.4 is 0 Å². The SMILES string of the molecule is C=CC(=O)O.C=CC(=O)OCC(CC)CCCC.C=CC(=O)OCCCCCCOC(=O)C=C.C=CC(=O)OCCO.COC(OC)(C(=O)c1ccccc1)c1ccccc1. The number of aliphatic carboxylic acids is 1. The van der Waals surface area contributed by atoms with Crippen LogP contribution in [0.4, 0.5) is 0 Å². The van der Waals surface area contributed by atoms with Crippen molar-refractivity contribution in [3.63, 3.8) is 0 Å². The van der Waals surface area contributed by atoms with E-state index in [0.29, 0.717) is 36.9 Å². The maximum atomic E-state index is 12.7. The third-order valence-electron chi connectivity index (χ3n) is 7.77. The van der Waals surface area contributed by atoms with Crippen molar-refractivity contribution in [2.75, 3.05) is 47.3 Å². The summed E-state index contributed by atoms with van der Waals surface area (Å²) in [6.07, 6.45) is 13.5. The summed E-state index contributed by atoms with van der Waals surface area (Å²) < 4.78 is 29.7. The summed E-state index contributed by atoms with van der Waals surface area (Å²) in [6.45, 7) is 21.6. The Hall–Kier alpha value is -5.96. The number of carbonyl (C=O) groups excluding carboxylic acids is 5. The molecule has 0 radical (unpaired) electrons. The quantitative estimate of drug-likeness (QED) is 0.0244. The highest BCUT2D eigenvalue weighted by Gasteiger charge is 2.41. The van der Waals surface area contributed by atoms with Crippen LogP contribution in [0.5, 0.6) is 0 Å². The fraction of sp³-hybridized carbons (Fsp3) is 0.404. The van der Waals surface area contributed by atoms with Crippen LogP contribution in [0.15, 0.2) is 124 Å². The van der Waals surface area contributed by atoms with E-state index in [4.69, 9.17) is 33.9 Å². The van der Waals surface area contributed by atoms with Crippen molar-refractivity contribution in [3.8, 4) is 0 Å². The molecule has 2 N–H and O–H groups in total. The van der Waals surface area contributed by atoms with E-state index in [9.17, 15) is 28.8 Å². The molecule has 1 unspecified atom stereocenters. The zero-order valence-corrected chi connectivity index (χ0v) is 36.3. The van der Waals surface area contributed by atoms with Crippen molar-refractivity contribution >= 4 is 35.6 Å². The number of rotatable bonds is 25. The molecule has 0 aliphatic rings. The van der Waals surface area contributed by atoms with Crippen molar-refractivity contribution < 1.29 is 67.4 Å². The molecule has 0 heterocycles. The number of Topliss-reactive ketones (excluding diaryl/α,β-unsaturated/α-hetero) is 1. The van der Waals surface area contributed by atoms with Crippen LogP contribution in [0.3, 0.4) is 0 Å². The Morgan fingerprint density at radius 2 is 1.02 bits per heavy atom. The highest BCUT2D eigenvalue weighted by Crippen LogP contribution is 2.30.